The van der Waals surface area contributed by atoms with Crippen molar-refractivity contribution in [1.29, 1.82) is 0 Å². The first kappa shape index (κ1) is 20.3. The van der Waals surface area contributed by atoms with E-state index in [-0.39, 0.29) is 22.5 Å². The average molecular weight is 412 g/mol. The minimum Gasteiger partial charge on any atom is -0.326 e. The molecule has 0 bridgehead atoms. The maximum Gasteiger partial charge on any atom is 0.263 e. The van der Waals surface area contributed by atoms with Gasteiger partial charge in [0.25, 0.3) is 10.0 Å². The lowest BCUT2D eigenvalue weighted by molar-refractivity contribution is -0.114. The van der Waals surface area contributed by atoms with Crippen molar-refractivity contribution >= 4 is 50.1 Å². The minimum atomic E-state index is -3.78. The Morgan fingerprint density at radius 3 is 2.38 bits per heavy atom. The van der Waals surface area contributed by atoms with Crippen LogP contribution in [0.2, 0.25) is 5.02 Å². The molecule has 0 atom stereocenters. The lowest BCUT2D eigenvalue weighted by atomic mass is 10.2. The van der Waals surface area contributed by atoms with Crippen LogP contribution in [0, 0.1) is 0 Å². The van der Waals surface area contributed by atoms with Gasteiger partial charge >= 0.3 is 0 Å². The molecule has 1 amide bonds. The maximum atomic E-state index is 12.5. The number of benzene rings is 2. The molecule has 0 aliphatic carbocycles. The van der Waals surface area contributed by atoms with E-state index >= 15 is 0 Å². The van der Waals surface area contributed by atoms with Crippen molar-refractivity contribution in [3.63, 3.8) is 0 Å². The Balaban J connectivity index is 2.13. The molecule has 2 aromatic carbocycles. The highest BCUT2D eigenvalue weighted by atomic mass is 35.5. The number of amidine groups is 1. The van der Waals surface area contributed by atoms with Crippen LogP contribution in [0.25, 0.3) is 0 Å². The summed E-state index contributed by atoms with van der Waals surface area (Å²) in [5.41, 5.74) is 1.33. The maximum absolute atomic E-state index is 12.5. The molecule has 2 aromatic rings. The Hall–Kier alpha value is -2.03. The summed E-state index contributed by atoms with van der Waals surface area (Å²) in [5.74, 6) is -0.227. The third-order valence-electron chi connectivity index (χ3n) is 3.25. The zero-order valence-electron chi connectivity index (χ0n) is 14.2. The molecule has 0 fully saturated rings. The van der Waals surface area contributed by atoms with Gasteiger partial charge in [0.15, 0.2) is 5.17 Å². The summed E-state index contributed by atoms with van der Waals surface area (Å²) in [6.07, 6.45) is 1.73. The van der Waals surface area contributed by atoms with Gasteiger partial charge in [-0.1, -0.05) is 41.6 Å². The molecule has 2 N–H and O–H groups in total. The number of aliphatic imine (C=N–C) groups is 1. The summed E-state index contributed by atoms with van der Waals surface area (Å²) in [4.78, 5) is 15.4. The van der Waals surface area contributed by atoms with E-state index in [2.05, 4.69) is 15.0 Å². The minimum absolute atomic E-state index is 0.0751. The largest absolute Gasteiger partial charge is 0.326 e. The predicted octanol–water partition coefficient (Wildman–Crippen LogP) is 3.50. The standard InChI is InChI=1S/C17H18ClN3O3S2/c1-12(22)20-14-7-9-15(10-8-14)26(23,24)21-17(25-2)19-11-13-5-3-4-6-16(13)18/h3-10H,11H2,1-2H3,(H,19,21)(H,20,22). The monoisotopic (exact) mass is 411 g/mol. The number of halogens is 1. The highest BCUT2D eigenvalue weighted by molar-refractivity contribution is 8.14. The molecule has 0 unspecified atom stereocenters. The van der Waals surface area contributed by atoms with Crippen LogP contribution in [0.4, 0.5) is 5.69 Å². The summed E-state index contributed by atoms with van der Waals surface area (Å²) in [6, 6.07) is 13.1. The van der Waals surface area contributed by atoms with E-state index in [0.29, 0.717) is 10.7 Å². The third-order valence-corrected chi connectivity index (χ3v) is 5.72. The molecule has 0 aliphatic heterocycles. The number of rotatable bonds is 5. The van der Waals surface area contributed by atoms with Crippen LogP contribution in [0.1, 0.15) is 12.5 Å². The summed E-state index contributed by atoms with van der Waals surface area (Å²) in [7, 11) is -3.78. The van der Waals surface area contributed by atoms with Crippen molar-refractivity contribution in [2.24, 2.45) is 4.99 Å². The zero-order chi connectivity index (χ0) is 19.2. The van der Waals surface area contributed by atoms with E-state index in [1.165, 1.54) is 43.0 Å². The Morgan fingerprint density at radius 1 is 1.15 bits per heavy atom. The van der Waals surface area contributed by atoms with Gasteiger partial charge in [0.05, 0.1) is 11.4 Å². The number of anilines is 1. The van der Waals surface area contributed by atoms with Crippen LogP contribution in [0.3, 0.4) is 0 Å². The van der Waals surface area contributed by atoms with E-state index in [1.807, 2.05) is 18.2 Å². The second-order valence-corrected chi connectivity index (χ2v) is 8.11. The number of nitrogens with one attached hydrogen (secondary N) is 2. The van der Waals surface area contributed by atoms with Crippen LogP contribution in [-0.2, 0) is 21.4 Å². The first-order chi connectivity index (χ1) is 12.3. The number of sulfonamides is 1. The Morgan fingerprint density at radius 2 is 1.81 bits per heavy atom. The molecule has 0 radical (unpaired) electrons. The van der Waals surface area contributed by atoms with Crippen molar-refractivity contribution in [2.75, 3.05) is 11.6 Å². The number of nitrogens with zero attached hydrogens (tertiary/aromatic N) is 1. The van der Waals surface area contributed by atoms with Gasteiger partial charge in [-0.2, -0.15) is 0 Å². The zero-order valence-corrected chi connectivity index (χ0v) is 16.6. The average Bonchev–Trinajstić information content (AvgIpc) is 2.59. The smallest absolute Gasteiger partial charge is 0.263 e. The van der Waals surface area contributed by atoms with Gasteiger partial charge in [-0.25, -0.2) is 8.42 Å². The SMILES string of the molecule is CSC(=NCc1ccccc1Cl)NS(=O)(=O)c1ccc(NC(C)=O)cc1. The van der Waals surface area contributed by atoms with E-state index in [9.17, 15) is 13.2 Å². The highest BCUT2D eigenvalue weighted by Crippen LogP contribution is 2.17. The number of amides is 1. The van der Waals surface area contributed by atoms with Crippen LogP contribution in [-0.4, -0.2) is 25.7 Å². The van der Waals surface area contributed by atoms with Gasteiger partial charge in [0.2, 0.25) is 5.91 Å². The van der Waals surface area contributed by atoms with Gasteiger partial charge in [-0.3, -0.25) is 14.5 Å². The van der Waals surface area contributed by atoms with Crippen LogP contribution >= 0.6 is 23.4 Å². The summed E-state index contributed by atoms with van der Waals surface area (Å²) >= 11 is 7.27. The van der Waals surface area contributed by atoms with Crippen LogP contribution in [0.15, 0.2) is 58.4 Å². The van der Waals surface area contributed by atoms with Gasteiger partial charge < -0.3 is 5.32 Å². The Bertz CT molecular complexity index is 913. The van der Waals surface area contributed by atoms with Gasteiger partial charge in [0.1, 0.15) is 0 Å². The predicted molar refractivity (Wildman–Crippen MR) is 107 cm³/mol. The molecule has 138 valence electrons. The number of thioether (sulfide) groups is 1. The molecule has 0 saturated heterocycles. The van der Waals surface area contributed by atoms with Crippen molar-refractivity contribution < 1.29 is 13.2 Å². The molecular weight excluding hydrogens is 394 g/mol. The summed E-state index contributed by atoms with van der Waals surface area (Å²) in [6.45, 7) is 1.65. The second kappa shape index (κ2) is 9.07. The summed E-state index contributed by atoms with van der Waals surface area (Å²) in [5, 5.41) is 3.42. The lowest BCUT2D eigenvalue weighted by Crippen LogP contribution is -2.28. The Kier molecular flexibility index (Phi) is 7.07. The van der Waals surface area contributed by atoms with Crippen molar-refractivity contribution in [1.82, 2.24) is 4.72 Å². The fraction of sp³-hybridized carbons (Fsp3) is 0.176. The van der Waals surface area contributed by atoms with Crippen LogP contribution in [0.5, 0.6) is 0 Å². The van der Waals surface area contributed by atoms with Crippen molar-refractivity contribution in [3.05, 3.63) is 59.1 Å². The number of carbonyl (C=O) groups excluding carboxylic acids is 1. The van der Waals surface area contributed by atoms with E-state index in [4.69, 9.17) is 11.6 Å². The van der Waals surface area contributed by atoms with Gasteiger partial charge in [-0.15, -0.1) is 0 Å². The normalized spacial score (nSPS) is 11.9. The summed E-state index contributed by atoms with van der Waals surface area (Å²) < 4.78 is 27.5. The van der Waals surface area contributed by atoms with E-state index in [0.717, 1.165) is 5.56 Å². The highest BCUT2D eigenvalue weighted by Gasteiger charge is 2.16. The van der Waals surface area contributed by atoms with Crippen molar-refractivity contribution in [3.8, 4) is 0 Å². The number of carbonyl (C=O) groups is 1. The second-order valence-electron chi connectivity index (χ2n) is 5.23. The van der Waals surface area contributed by atoms with Gasteiger partial charge in [0, 0.05) is 17.6 Å². The van der Waals surface area contributed by atoms with E-state index < -0.39 is 10.0 Å². The molecule has 0 spiro atoms. The molecular formula is C17H18ClN3O3S2. The molecule has 0 aromatic heterocycles. The molecule has 6 nitrogen and oxygen atoms in total. The van der Waals surface area contributed by atoms with Gasteiger partial charge in [-0.05, 0) is 42.2 Å². The number of hydrogen-bond acceptors (Lipinski definition) is 5. The fourth-order valence-corrected chi connectivity index (χ4v) is 3.97. The molecule has 0 saturated carbocycles. The first-order valence-corrected chi connectivity index (χ1v) is 10.6. The molecule has 2 rings (SSSR count). The van der Waals surface area contributed by atoms with E-state index in [1.54, 1.807) is 12.3 Å². The molecule has 0 heterocycles. The van der Waals surface area contributed by atoms with Crippen LogP contribution < -0.4 is 10.0 Å². The molecule has 26 heavy (non-hydrogen) atoms. The topological polar surface area (TPSA) is 87.6 Å². The molecule has 0 aliphatic rings. The third kappa shape index (κ3) is 5.76. The molecule has 9 heteroatoms. The Labute approximate surface area is 162 Å². The van der Waals surface area contributed by atoms with Crippen molar-refractivity contribution in [2.45, 2.75) is 18.4 Å². The first-order valence-electron chi connectivity index (χ1n) is 7.54. The fourth-order valence-electron chi connectivity index (χ4n) is 2.02. The number of hydrogen-bond donors (Lipinski definition) is 2. The quantitative estimate of drug-likeness (QED) is 0.582. The lowest BCUT2D eigenvalue weighted by Gasteiger charge is -2.10.